The largest absolute Gasteiger partial charge is 0.504 e. The first kappa shape index (κ1) is 13.2. The fraction of sp³-hybridized carbons (Fsp3) is 0. The van der Waals surface area contributed by atoms with Gasteiger partial charge in [-0.25, -0.2) is 0 Å². The molecule has 114 valence electrons. The van der Waals surface area contributed by atoms with Crippen LogP contribution in [0.15, 0.2) is 72.8 Å². The molecule has 0 unspecified atom stereocenters. The molecule has 0 fully saturated rings. The summed E-state index contributed by atoms with van der Waals surface area (Å²) in [6.45, 7) is 0. The average molecular weight is 310 g/mol. The third-order valence-electron chi connectivity index (χ3n) is 4.83. The fourth-order valence-corrected chi connectivity index (χ4v) is 3.70. The minimum Gasteiger partial charge on any atom is -0.504 e. The maximum atomic E-state index is 10.3. The van der Waals surface area contributed by atoms with Crippen LogP contribution < -0.4 is 0 Å². The molecule has 5 aromatic carbocycles. The second-order valence-corrected chi connectivity index (χ2v) is 6.14. The number of phenols is 2. The minimum absolute atomic E-state index is 0.0633. The number of hydrogen-bond donors (Lipinski definition) is 2. The van der Waals surface area contributed by atoms with E-state index in [2.05, 4.69) is 42.5 Å². The summed E-state index contributed by atoms with van der Waals surface area (Å²) >= 11 is 0. The van der Waals surface area contributed by atoms with Crippen LogP contribution in [0.1, 0.15) is 0 Å². The lowest BCUT2D eigenvalue weighted by atomic mass is 9.92. The summed E-state index contributed by atoms with van der Waals surface area (Å²) in [5.41, 5.74) is 0. The zero-order chi connectivity index (χ0) is 16.3. The van der Waals surface area contributed by atoms with Crippen LogP contribution in [0, 0.1) is 0 Å². The normalized spacial score (nSPS) is 11.7. The minimum atomic E-state index is -0.0908. The molecule has 0 saturated heterocycles. The van der Waals surface area contributed by atoms with Crippen molar-refractivity contribution < 1.29 is 10.2 Å². The van der Waals surface area contributed by atoms with Crippen molar-refractivity contribution in [2.75, 3.05) is 0 Å². The number of rotatable bonds is 0. The number of hydrogen-bond acceptors (Lipinski definition) is 2. The standard InChI is InChI=1S/C22H14O2/c23-21-10-9-13-11-19-16-7-3-1-5-14(16)15-6-2-4-8-17(15)20(19)12-18(13)22(21)24/h1-12,23-24H. The van der Waals surface area contributed by atoms with Crippen LogP contribution in [0.25, 0.3) is 43.1 Å². The molecule has 2 N–H and O–H groups in total. The van der Waals surface area contributed by atoms with Crippen molar-refractivity contribution in [3.05, 3.63) is 72.8 Å². The molecule has 2 nitrogen and oxygen atoms in total. The van der Waals surface area contributed by atoms with Crippen molar-refractivity contribution in [2.45, 2.75) is 0 Å². The van der Waals surface area contributed by atoms with Gasteiger partial charge in [0.1, 0.15) is 0 Å². The van der Waals surface area contributed by atoms with Crippen molar-refractivity contribution in [1.29, 1.82) is 0 Å². The van der Waals surface area contributed by atoms with Crippen molar-refractivity contribution in [3.8, 4) is 11.5 Å². The number of phenolic OH excluding ortho intramolecular Hbond substituents is 2. The molecule has 0 heterocycles. The quantitative estimate of drug-likeness (QED) is 0.218. The maximum absolute atomic E-state index is 10.3. The Hall–Kier alpha value is -3.26. The Morgan fingerprint density at radius 1 is 0.458 bits per heavy atom. The van der Waals surface area contributed by atoms with E-state index >= 15 is 0 Å². The molecule has 0 aromatic heterocycles. The lowest BCUT2D eigenvalue weighted by Gasteiger charge is -2.12. The van der Waals surface area contributed by atoms with Gasteiger partial charge in [-0.05, 0) is 55.9 Å². The Bertz CT molecular complexity index is 1270. The van der Waals surface area contributed by atoms with Crippen LogP contribution >= 0.6 is 0 Å². The summed E-state index contributed by atoms with van der Waals surface area (Å²) in [5.74, 6) is -0.154. The maximum Gasteiger partial charge on any atom is 0.165 e. The number of benzene rings is 5. The van der Waals surface area contributed by atoms with Crippen LogP contribution in [0.4, 0.5) is 0 Å². The summed E-state index contributed by atoms with van der Waals surface area (Å²) < 4.78 is 0. The van der Waals surface area contributed by atoms with Gasteiger partial charge in [0.15, 0.2) is 11.5 Å². The van der Waals surface area contributed by atoms with Gasteiger partial charge in [0.25, 0.3) is 0 Å². The molecule has 0 spiro atoms. The first-order valence-corrected chi connectivity index (χ1v) is 7.92. The van der Waals surface area contributed by atoms with Crippen molar-refractivity contribution in [3.63, 3.8) is 0 Å². The second-order valence-electron chi connectivity index (χ2n) is 6.14. The third kappa shape index (κ3) is 1.65. The highest BCUT2D eigenvalue weighted by Gasteiger charge is 2.12. The summed E-state index contributed by atoms with van der Waals surface area (Å²) in [5, 5.41) is 28.7. The molecular formula is C22H14O2. The predicted octanol–water partition coefficient (Wildman–Crippen LogP) is 5.71. The van der Waals surface area contributed by atoms with E-state index in [4.69, 9.17) is 0 Å². The highest BCUT2D eigenvalue weighted by atomic mass is 16.3. The summed E-state index contributed by atoms with van der Waals surface area (Å²) in [6, 6.07) is 24.2. The number of aromatic hydroxyl groups is 2. The van der Waals surface area contributed by atoms with Gasteiger partial charge < -0.3 is 10.2 Å². The van der Waals surface area contributed by atoms with Gasteiger partial charge in [-0.1, -0.05) is 54.6 Å². The Labute approximate surface area is 138 Å². The average Bonchev–Trinajstić information content (AvgIpc) is 2.64. The molecule has 2 heteroatoms. The summed E-state index contributed by atoms with van der Waals surface area (Å²) in [4.78, 5) is 0. The first-order chi connectivity index (χ1) is 11.7. The van der Waals surface area contributed by atoms with Gasteiger partial charge in [-0.3, -0.25) is 0 Å². The molecule has 0 radical (unpaired) electrons. The Morgan fingerprint density at radius 2 is 0.958 bits per heavy atom. The van der Waals surface area contributed by atoms with Crippen molar-refractivity contribution in [2.24, 2.45) is 0 Å². The molecule has 0 aliphatic heterocycles. The van der Waals surface area contributed by atoms with E-state index in [-0.39, 0.29) is 11.5 Å². The summed E-state index contributed by atoms with van der Waals surface area (Å²) in [7, 11) is 0. The third-order valence-corrected chi connectivity index (χ3v) is 4.83. The van der Waals surface area contributed by atoms with E-state index < -0.39 is 0 Å². The van der Waals surface area contributed by atoms with Crippen LogP contribution in [-0.4, -0.2) is 10.2 Å². The molecule has 0 aliphatic rings. The molecule has 0 aliphatic carbocycles. The smallest absolute Gasteiger partial charge is 0.165 e. The molecule has 0 saturated carbocycles. The molecule has 0 atom stereocenters. The van der Waals surface area contributed by atoms with Gasteiger partial charge in [0, 0.05) is 5.39 Å². The molecule has 0 amide bonds. The molecule has 5 aromatic rings. The number of fused-ring (bicyclic) bond motifs is 7. The van der Waals surface area contributed by atoms with Crippen LogP contribution in [0.2, 0.25) is 0 Å². The fourth-order valence-electron chi connectivity index (χ4n) is 3.70. The second kappa shape index (κ2) is 4.62. The van der Waals surface area contributed by atoms with Crippen LogP contribution in [-0.2, 0) is 0 Å². The van der Waals surface area contributed by atoms with Gasteiger partial charge in [0.05, 0.1) is 0 Å². The molecule has 5 rings (SSSR count). The van der Waals surface area contributed by atoms with Gasteiger partial charge >= 0.3 is 0 Å². The highest BCUT2D eigenvalue weighted by molar-refractivity contribution is 6.27. The molecule has 24 heavy (non-hydrogen) atoms. The SMILES string of the molecule is Oc1ccc2cc3c4ccccc4c4ccccc4c3cc2c1O. The monoisotopic (exact) mass is 310 g/mol. The van der Waals surface area contributed by atoms with E-state index in [1.807, 2.05) is 24.3 Å². The highest BCUT2D eigenvalue weighted by Crippen LogP contribution is 2.40. The van der Waals surface area contributed by atoms with Gasteiger partial charge in [-0.2, -0.15) is 0 Å². The van der Waals surface area contributed by atoms with Crippen molar-refractivity contribution in [1.82, 2.24) is 0 Å². The van der Waals surface area contributed by atoms with Crippen LogP contribution in [0.3, 0.4) is 0 Å². The van der Waals surface area contributed by atoms with E-state index in [9.17, 15) is 10.2 Å². The van der Waals surface area contributed by atoms with E-state index in [1.165, 1.54) is 22.2 Å². The lowest BCUT2D eigenvalue weighted by molar-refractivity contribution is 0.408. The van der Waals surface area contributed by atoms with E-state index in [1.54, 1.807) is 0 Å². The Morgan fingerprint density at radius 3 is 1.54 bits per heavy atom. The topological polar surface area (TPSA) is 40.5 Å². The zero-order valence-electron chi connectivity index (χ0n) is 12.8. The van der Waals surface area contributed by atoms with Gasteiger partial charge in [0.2, 0.25) is 0 Å². The predicted molar refractivity (Wildman–Crippen MR) is 99.8 cm³/mol. The molecular weight excluding hydrogens is 296 g/mol. The zero-order valence-corrected chi connectivity index (χ0v) is 12.8. The van der Waals surface area contributed by atoms with Gasteiger partial charge in [-0.15, -0.1) is 0 Å². The molecule has 0 bridgehead atoms. The lowest BCUT2D eigenvalue weighted by Crippen LogP contribution is -1.84. The Balaban J connectivity index is 2.14. The van der Waals surface area contributed by atoms with Crippen molar-refractivity contribution >= 4 is 43.1 Å². The Kier molecular flexibility index (Phi) is 2.54. The van der Waals surface area contributed by atoms with E-state index in [0.29, 0.717) is 5.39 Å². The van der Waals surface area contributed by atoms with Crippen LogP contribution in [0.5, 0.6) is 11.5 Å². The van der Waals surface area contributed by atoms with E-state index in [0.717, 1.165) is 21.5 Å². The first-order valence-electron chi connectivity index (χ1n) is 7.92. The summed E-state index contributed by atoms with van der Waals surface area (Å²) in [6.07, 6.45) is 0.